The van der Waals surface area contributed by atoms with Crippen LogP contribution in [0, 0.1) is 0 Å². The number of benzene rings is 2. The van der Waals surface area contributed by atoms with Crippen LogP contribution >= 0.6 is 33.9 Å². The van der Waals surface area contributed by atoms with Gasteiger partial charge in [-0.3, -0.25) is 4.79 Å². The first-order valence-corrected chi connectivity index (χ1v) is 11.3. The lowest BCUT2D eigenvalue weighted by atomic mass is 10.2. The van der Waals surface area contributed by atoms with Gasteiger partial charge in [0.05, 0.1) is 20.4 Å². The highest BCUT2D eigenvalue weighted by Gasteiger charge is 2.20. The average molecular weight is 444 g/mol. The molecule has 11 heteroatoms. The Labute approximate surface area is 158 Å². The summed E-state index contributed by atoms with van der Waals surface area (Å²) in [6, 6.07) is 7.15. The van der Waals surface area contributed by atoms with Gasteiger partial charge in [-0.1, -0.05) is 11.6 Å². The third kappa shape index (κ3) is 4.86. The Kier molecular flexibility index (Phi) is 5.70. The van der Waals surface area contributed by atoms with Crippen molar-refractivity contribution in [3.63, 3.8) is 0 Å². The zero-order valence-corrected chi connectivity index (χ0v) is 16.3. The summed E-state index contributed by atoms with van der Waals surface area (Å²) in [7, 11) is -2.34. The summed E-state index contributed by atoms with van der Waals surface area (Å²) in [6.45, 7) is 0. The van der Waals surface area contributed by atoms with Gasteiger partial charge in [0.1, 0.15) is 11.5 Å². The Hall–Kier alpha value is -1.32. The van der Waals surface area contributed by atoms with Crippen LogP contribution in [0.15, 0.2) is 46.2 Å². The van der Waals surface area contributed by atoms with Gasteiger partial charge in [0.15, 0.2) is 9.84 Å². The average Bonchev–Trinajstić information content (AvgIpc) is 2.47. The molecule has 0 saturated carbocycles. The number of ether oxygens (including phenoxy) is 1. The number of sulfone groups is 1. The number of carbonyl (C=O) groups is 1. The van der Waals surface area contributed by atoms with Gasteiger partial charge in [-0.25, -0.2) is 16.8 Å². The fraction of sp³-hybridized carbons (Fsp3) is 0.0714. The molecule has 0 bridgehead atoms. The lowest BCUT2D eigenvalue weighted by Gasteiger charge is -2.12. The normalized spacial score (nSPS) is 12.0. The van der Waals surface area contributed by atoms with Crippen LogP contribution in [-0.2, 0) is 18.9 Å². The lowest BCUT2D eigenvalue weighted by Crippen LogP contribution is -2.02. The molecule has 0 aromatic heterocycles. The smallest absolute Gasteiger partial charge is 0.261 e. The second-order valence-corrected chi connectivity index (χ2v) is 10.1. The Morgan fingerprint density at radius 1 is 1.00 bits per heavy atom. The van der Waals surface area contributed by atoms with Gasteiger partial charge in [0.2, 0.25) is 0 Å². The van der Waals surface area contributed by atoms with Crippen LogP contribution in [-0.4, -0.2) is 28.3 Å². The molecule has 134 valence electrons. The van der Waals surface area contributed by atoms with E-state index in [0.717, 1.165) is 18.4 Å². The first-order valence-electron chi connectivity index (χ1n) is 6.35. The van der Waals surface area contributed by atoms with E-state index >= 15 is 0 Å². The number of halogens is 3. The van der Waals surface area contributed by atoms with Gasteiger partial charge in [0.25, 0.3) is 14.3 Å². The highest BCUT2D eigenvalue weighted by Crippen LogP contribution is 2.36. The molecule has 0 saturated heterocycles. The molecule has 0 aliphatic heterocycles. The minimum Gasteiger partial charge on any atom is -0.456 e. The van der Waals surface area contributed by atoms with Crippen LogP contribution in [0.5, 0.6) is 11.5 Å². The number of hydrogen-bond donors (Lipinski definition) is 0. The van der Waals surface area contributed by atoms with Gasteiger partial charge < -0.3 is 4.74 Å². The fourth-order valence-corrected chi connectivity index (χ4v) is 3.65. The van der Waals surface area contributed by atoms with Crippen molar-refractivity contribution < 1.29 is 26.4 Å². The van der Waals surface area contributed by atoms with E-state index < -0.39 is 24.1 Å². The lowest BCUT2D eigenvalue weighted by molar-refractivity contribution is 0.108. The second-order valence-electron chi connectivity index (χ2n) is 4.84. The molecule has 0 heterocycles. The van der Waals surface area contributed by atoms with E-state index in [-0.39, 0.29) is 31.9 Å². The maximum atomic E-state index is 11.7. The summed E-state index contributed by atoms with van der Waals surface area (Å²) >= 11 is 11.5. The highest BCUT2D eigenvalue weighted by molar-refractivity contribution is 8.13. The second kappa shape index (κ2) is 7.13. The van der Waals surface area contributed by atoms with E-state index in [1.165, 1.54) is 24.3 Å². The predicted molar refractivity (Wildman–Crippen MR) is 94.3 cm³/mol. The molecular formula is C14H9Cl3O6S2. The van der Waals surface area contributed by atoms with E-state index in [0.29, 0.717) is 0 Å². The molecule has 0 radical (unpaired) electrons. The van der Waals surface area contributed by atoms with Gasteiger partial charge in [-0.15, -0.1) is 0 Å². The molecule has 6 nitrogen and oxygen atoms in total. The highest BCUT2D eigenvalue weighted by atomic mass is 35.7. The fourth-order valence-electron chi connectivity index (χ4n) is 1.80. The third-order valence-corrected chi connectivity index (χ3v) is 6.04. The van der Waals surface area contributed by atoms with Crippen LogP contribution in [0.4, 0.5) is 0 Å². The molecule has 0 aliphatic carbocycles. The molecule has 0 aliphatic rings. The van der Waals surface area contributed by atoms with Crippen LogP contribution in [0.25, 0.3) is 0 Å². The molecule has 2 aromatic rings. The molecule has 2 aromatic carbocycles. The van der Waals surface area contributed by atoms with E-state index in [9.17, 15) is 21.6 Å². The van der Waals surface area contributed by atoms with Crippen molar-refractivity contribution in [2.75, 3.05) is 6.26 Å². The Bertz CT molecular complexity index is 1040. The molecule has 0 spiro atoms. The Morgan fingerprint density at radius 3 is 2.00 bits per heavy atom. The Balaban J connectivity index is 2.52. The zero-order valence-electron chi connectivity index (χ0n) is 12.4. The maximum absolute atomic E-state index is 11.7. The zero-order chi connectivity index (χ0) is 19.0. The summed E-state index contributed by atoms with van der Waals surface area (Å²) in [6.07, 6.45) is 0.947. The van der Waals surface area contributed by atoms with Crippen LogP contribution in [0.3, 0.4) is 0 Å². The quantitative estimate of drug-likeness (QED) is 0.652. The predicted octanol–water partition coefficient (Wildman–Crippen LogP) is 3.84. The molecule has 0 amide bonds. The van der Waals surface area contributed by atoms with Crippen molar-refractivity contribution in [1.82, 2.24) is 0 Å². The summed E-state index contributed by atoms with van der Waals surface area (Å²) in [5.41, 5.74) is -0.235. The van der Waals surface area contributed by atoms with Gasteiger partial charge >= 0.3 is 0 Å². The van der Waals surface area contributed by atoms with Gasteiger partial charge in [0, 0.05) is 23.0 Å². The van der Waals surface area contributed by atoms with Gasteiger partial charge in [-0.05, 0) is 41.9 Å². The number of carbonyl (C=O) groups excluding carboxylic acids is 1. The molecule has 2 rings (SSSR count). The molecular weight excluding hydrogens is 435 g/mol. The summed E-state index contributed by atoms with van der Waals surface area (Å²) in [4.78, 5) is 11.1. The number of rotatable bonds is 5. The van der Waals surface area contributed by atoms with Crippen molar-refractivity contribution in [2.24, 2.45) is 0 Å². The van der Waals surface area contributed by atoms with E-state index in [4.69, 9.17) is 38.6 Å². The SMILES string of the molecule is CS(=O)(=O)c1cc(Oc2ccc(S(=O)(=O)Cl)cc2)c(Cl)c(C(=O)Cl)c1. The monoisotopic (exact) mass is 442 g/mol. The minimum absolute atomic E-state index is 0.130. The summed E-state index contributed by atoms with van der Waals surface area (Å²) in [5.74, 6) is 0.0136. The number of hydrogen-bond acceptors (Lipinski definition) is 6. The molecule has 0 fully saturated rings. The van der Waals surface area contributed by atoms with Crippen molar-refractivity contribution in [1.29, 1.82) is 0 Å². The van der Waals surface area contributed by atoms with Crippen LogP contribution in [0.2, 0.25) is 5.02 Å². The maximum Gasteiger partial charge on any atom is 0.261 e. The minimum atomic E-state index is -3.90. The largest absolute Gasteiger partial charge is 0.456 e. The van der Waals surface area contributed by atoms with Crippen LogP contribution < -0.4 is 4.74 Å². The molecule has 25 heavy (non-hydrogen) atoms. The summed E-state index contributed by atoms with van der Waals surface area (Å²) in [5, 5.41) is -1.13. The molecule has 0 N–H and O–H groups in total. The third-order valence-electron chi connectivity index (χ3n) is 2.99. The van der Waals surface area contributed by atoms with Crippen molar-refractivity contribution in [3.05, 3.63) is 47.0 Å². The van der Waals surface area contributed by atoms with Gasteiger partial charge in [-0.2, -0.15) is 0 Å². The Morgan fingerprint density at radius 2 is 1.56 bits per heavy atom. The van der Waals surface area contributed by atoms with E-state index in [1.54, 1.807) is 0 Å². The van der Waals surface area contributed by atoms with Crippen molar-refractivity contribution in [3.8, 4) is 11.5 Å². The first kappa shape index (κ1) is 20.0. The molecule has 0 unspecified atom stereocenters. The van der Waals surface area contributed by atoms with Crippen LogP contribution in [0.1, 0.15) is 10.4 Å². The van der Waals surface area contributed by atoms with Crippen molar-refractivity contribution in [2.45, 2.75) is 9.79 Å². The summed E-state index contributed by atoms with van der Waals surface area (Å²) < 4.78 is 51.4. The first-order chi connectivity index (χ1) is 11.4. The standard InChI is InChI=1S/C14H9Cl3O6S2/c1-24(19,20)10-6-11(14(16)18)13(15)12(7-10)23-8-2-4-9(5-3-8)25(17,21)22/h2-7H,1H3. The van der Waals surface area contributed by atoms with E-state index in [1.807, 2.05) is 0 Å². The van der Waals surface area contributed by atoms with Crippen molar-refractivity contribution >= 4 is 58.0 Å². The van der Waals surface area contributed by atoms with E-state index in [2.05, 4.69) is 0 Å². The molecule has 0 atom stereocenters. The topological polar surface area (TPSA) is 94.6 Å².